The van der Waals surface area contributed by atoms with Crippen LogP contribution in [0, 0.1) is 0 Å². The third-order valence-electron chi connectivity index (χ3n) is 1.82. The van der Waals surface area contributed by atoms with Crippen LogP contribution in [0.3, 0.4) is 0 Å². The Hall–Kier alpha value is -0.580. The Labute approximate surface area is 95.0 Å². The third kappa shape index (κ3) is 2.97. The van der Waals surface area contributed by atoms with E-state index in [0.29, 0.717) is 5.02 Å². The molecule has 76 valence electrons. The molecule has 0 aliphatic rings. The van der Waals surface area contributed by atoms with Crippen molar-refractivity contribution in [3.05, 3.63) is 33.3 Å². The summed E-state index contributed by atoms with van der Waals surface area (Å²) in [4.78, 5) is 10.4. The van der Waals surface area contributed by atoms with Crippen LogP contribution in [-0.4, -0.2) is 5.97 Å². The van der Waals surface area contributed by atoms with E-state index in [0.717, 1.165) is 10.0 Å². The van der Waals surface area contributed by atoms with Crippen molar-refractivity contribution in [1.29, 1.82) is 0 Å². The SMILES string of the molecule is [NH3+][C@H](CC(=O)[O-])c1ccc(Cl)cc1Br. The number of rotatable bonds is 3. The molecule has 0 heterocycles. The molecule has 0 aliphatic heterocycles. The summed E-state index contributed by atoms with van der Waals surface area (Å²) in [6.07, 6.45) is -0.0970. The molecule has 0 amide bonds. The number of benzene rings is 1. The highest BCUT2D eigenvalue weighted by Crippen LogP contribution is 2.25. The van der Waals surface area contributed by atoms with Gasteiger partial charge in [-0.05, 0) is 12.1 Å². The highest BCUT2D eigenvalue weighted by molar-refractivity contribution is 9.10. The first-order valence-electron chi connectivity index (χ1n) is 3.98. The molecule has 1 atom stereocenters. The van der Waals surface area contributed by atoms with E-state index in [4.69, 9.17) is 11.6 Å². The molecule has 0 bridgehead atoms. The van der Waals surface area contributed by atoms with Gasteiger partial charge in [0.05, 0.1) is 0 Å². The minimum atomic E-state index is -1.10. The highest BCUT2D eigenvalue weighted by atomic mass is 79.9. The van der Waals surface area contributed by atoms with Crippen molar-refractivity contribution in [1.82, 2.24) is 0 Å². The van der Waals surface area contributed by atoms with Gasteiger partial charge in [0.25, 0.3) is 0 Å². The summed E-state index contributed by atoms with van der Waals surface area (Å²) in [7, 11) is 0. The van der Waals surface area contributed by atoms with Crippen LogP contribution < -0.4 is 10.8 Å². The number of carbonyl (C=O) groups excluding carboxylic acids is 1. The third-order valence-corrected chi connectivity index (χ3v) is 2.74. The van der Waals surface area contributed by atoms with E-state index in [1.54, 1.807) is 18.2 Å². The van der Waals surface area contributed by atoms with Crippen LogP contribution in [0.4, 0.5) is 0 Å². The lowest BCUT2D eigenvalue weighted by atomic mass is 10.1. The van der Waals surface area contributed by atoms with Crippen molar-refractivity contribution >= 4 is 33.5 Å². The summed E-state index contributed by atoms with van der Waals surface area (Å²) < 4.78 is 0.770. The van der Waals surface area contributed by atoms with Gasteiger partial charge >= 0.3 is 0 Å². The molecule has 0 unspecified atom stereocenters. The van der Waals surface area contributed by atoms with Crippen LogP contribution in [0.1, 0.15) is 18.0 Å². The number of quaternary nitrogens is 1. The van der Waals surface area contributed by atoms with Gasteiger partial charge in [-0.25, -0.2) is 0 Å². The fourth-order valence-corrected chi connectivity index (χ4v) is 2.15. The number of carboxylic acids is 1. The van der Waals surface area contributed by atoms with Gasteiger partial charge in [-0.1, -0.05) is 33.6 Å². The topological polar surface area (TPSA) is 67.8 Å². The molecule has 0 aliphatic carbocycles. The van der Waals surface area contributed by atoms with E-state index in [9.17, 15) is 9.90 Å². The number of hydrogen-bond donors (Lipinski definition) is 1. The predicted molar refractivity (Wildman–Crippen MR) is 54.4 cm³/mol. The maximum Gasteiger partial charge on any atom is 0.116 e. The van der Waals surface area contributed by atoms with Gasteiger partial charge in [0.1, 0.15) is 6.04 Å². The van der Waals surface area contributed by atoms with Crippen LogP contribution in [0.15, 0.2) is 22.7 Å². The first-order valence-corrected chi connectivity index (χ1v) is 5.15. The van der Waals surface area contributed by atoms with Crippen molar-refractivity contribution in [2.45, 2.75) is 12.5 Å². The van der Waals surface area contributed by atoms with E-state index in [2.05, 4.69) is 21.7 Å². The standard InChI is InChI=1S/C9H9BrClNO2/c10-7-3-5(11)1-2-6(7)8(12)4-9(13)14/h1-3,8H,4,12H2,(H,13,14)/t8-/m1/s1. The van der Waals surface area contributed by atoms with Crippen LogP contribution in [0.2, 0.25) is 5.02 Å². The molecule has 0 fully saturated rings. The summed E-state index contributed by atoms with van der Waals surface area (Å²) in [5.74, 6) is -1.10. The van der Waals surface area contributed by atoms with Crippen molar-refractivity contribution in [3.8, 4) is 0 Å². The van der Waals surface area contributed by atoms with E-state index >= 15 is 0 Å². The quantitative estimate of drug-likeness (QED) is 0.876. The van der Waals surface area contributed by atoms with Crippen molar-refractivity contribution in [2.24, 2.45) is 0 Å². The summed E-state index contributed by atoms with van der Waals surface area (Å²) >= 11 is 9.05. The Morgan fingerprint density at radius 1 is 1.64 bits per heavy atom. The molecule has 0 saturated heterocycles. The maximum atomic E-state index is 10.4. The first kappa shape index (κ1) is 11.5. The Morgan fingerprint density at radius 2 is 2.29 bits per heavy atom. The molecule has 0 radical (unpaired) electrons. The zero-order valence-electron chi connectivity index (χ0n) is 7.30. The van der Waals surface area contributed by atoms with E-state index < -0.39 is 5.97 Å². The second-order valence-corrected chi connectivity index (χ2v) is 4.23. The van der Waals surface area contributed by atoms with E-state index in [1.807, 2.05) is 0 Å². The molecule has 1 aromatic carbocycles. The minimum Gasteiger partial charge on any atom is -0.550 e. The summed E-state index contributed by atoms with van der Waals surface area (Å²) in [5.41, 5.74) is 4.56. The average molecular weight is 279 g/mol. The predicted octanol–water partition coefficient (Wildman–Crippen LogP) is 0.526. The first-order chi connectivity index (χ1) is 6.50. The van der Waals surface area contributed by atoms with E-state index in [-0.39, 0.29) is 12.5 Å². The number of halogens is 2. The molecule has 5 heteroatoms. The fraction of sp³-hybridized carbons (Fsp3) is 0.222. The summed E-state index contributed by atoms with van der Waals surface area (Å²) in [6, 6.07) is 4.85. The lowest BCUT2D eigenvalue weighted by Gasteiger charge is -2.11. The largest absolute Gasteiger partial charge is 0.550 e. The number of carbonyl (C=O) groups is 1. The monoisotopic (exact) mass is 277 g/mol. The van der Waals surface area contributed by atoms with Gasteiger partial charge in [0, 0.05) is 27.4 Å². The Balaban J connectivity index is 2.90. The zero-order valence-corrected chi connectivity index (χ0v) is 9.64. The molecule has 14 heavy (non-hydrogen) atoms. The Bertz CT molecular complexity index is 357. The second kappa shape index (κ2) is 4.77. The minimum absolute atomic E-state index is 0.0970. The average Bonchev–Trinajstić information content (AvgIpc) is 2.01. The molecule has 3 nitrogen and oxygen atoms in total. The fourth-order valence-electron chi connectivity index (χ4n) is 1.14. The highest BCUT2D eigenvalue weighted by Gasteiger charge is 2.13. The van der Waals surface area contributed by atoms with E-state index in [1.165, 1.54) is 0 Å². The van der Waals surface area contributed by atoms with Crippen molar-refractivity contribution < 1.29 is 15.6 Å². The summed E-state index contributed by atoms with van der Waals surface area (Å²) in [6.45, 7) is 0. The number of aliphatic carboxylic acids is 1. The summed E-state index contributed by atoms with van der Waals surface area (Å²) in [5, 5.41) is 11.0. The van der Waals surface area contributed by atoms with Gasteiger partial charge in [-0.3, -0.25) is 0 Å². The van der Waals surface area contributed by atoms with Crippen LogP contribution in [0.25, 0.3) is 0 Å². The normalized spacial score (nSPS) is 12.5. The van der Waals surface area contributed by atoms with Gasteiger partial charge in [0.15, 0.2) is 0 Å². The molecule has 3 N–H and O–H groups in total. The molecule has 1 rings (SSSR count). The lowest BCUT2D eigenvalue weighted by molar-refractivity contribution is -0.430. The van der Waals surface area contributed by atoms with Crippen LogP contribution >= 0.6 is 27.5 Å². The smallest absolute Gasteiger partial charge is 0.116 e. The molecule has 0 spiro atoms. The Morgan fingerprint density at radius 3 is 2.79 bits per heavy atom. The molecule has 1 aromatic rings. The van der Waals surface area contributed by atoms with Gasteiger partial charge in [-0.2, -0.15) is 0 Å². The lowest BCUT2D eigenvalue weighted by Crippen LogP contribution is -2.55. The van der Waals surface area contributed by atoms with Gasteiger partial charge < -0.3 is 15.6 Å². The van der Waals surface area contributed by atoms with Crippen molar-refractivity contribution in [2.75, 3.05) is 0 Å². The van der Waals surface area contributed by atoms with Gasteiger partial charge in [-0.15, -0.1) is 0 Å². The number of hydrogen-bond acceptors (Lipinski definition) is 2. The maximum absolute atomic E-state index is 10.4. The second-order valence-electron chi connectivity index (χ2n) is 2.94. The van der Waals surface area contributed by atoms with Crippen molar-refractivity contribution in [3.63, 3.8) is 0 Å². The Kier molecular flexibility index (Phi) is 3.92. The van der Waals surface area contributed by atoms with Gasteiger partial charge in [0.2, 0.25) is 0 Å². The number of carboxylic acid groups (broad SMARTS) is 1. The van der Waals surface area contributed by atoms with Crippen LogP contribution in [-0.2, 0) is 4.79 Å². The molecule has 0 saturated carbocycles. The zero-order chi connectivity index (χ0) is 10.7. The van der Waals surface area contributed by atoms with Crippen LogP contribution in [0.5, 0.6) is 0 Å². The molecular formula is C9H9BrClNO2. The molecular weight excluding hydrogens is 269 g/mol. The molecule has 0 aromatic heterocycles.